The third kappa shape index (κ3) is 7.68. The van der Waals surface area contributed by atoms with Crippen molar-refractivity contribution in [3.63, 3.8) is 0 Å². The van der Waals surface area contributed by atoms with E-state index in [1.54, 1.807) is 60.6 Å². The van der Waals surface area contributed by atoms with Crippen LogP contribution >= 0.6 is 7.82 Å². The maximum Gasteiger partial charge on any atom is 0.475 e. The maximum atomic E-state index is 13.2. The molecule has 12 heteroatoms. The van der Waals surface area contributed by atoms with Gasteiger partial charge < -0.3 is 4.74 Å². The highest BCUT2D eigenvalue weighted by Crippen LogP contribution is 2.50. The van der Waals surface area contributed by atoms with Crippen molar-refractivity contribution in [3.8, 4) is 0 Å². The van der Waals surface area contributed by atoms with Gasteiger partial charge in [0.2, 0.25) is 0 Å². The molecule has 190 valence electrons. The Labute approximate surface area is 198 Å². The molecule has 0 radical (unpaired) electrons. The molecule has 11 nitrogen and oxygen atoms in total. The number of ether oxygens (including phenoxy) is 1. The van der Waals surface area contributed by atoms with Crippen molar-refractivity contribution in [1.82, 2.24) is 9.55 Å². The topological polar surface area (TPSA) is 143 Å². The lowest BCUT2D eigenvalue weighted by Crippen LogP contribution is -2.33. The standard InChI is InChI=1S/C22H33N2O9P/c1-14-10-24(20(28)23-19(14)27)18-9-8-15(33-18)11-30-34(29,31-12-16(25)21(2,3)4)32-13-17(26)22(5,6)7/h8-10,15,18H,11-13H2,1-7H3,(H,23,27,28). The molecule has 0 aliphatic carbocycles. The third-order valence-electron chi connectivity index (χ3n) is 5.00. The van der Waals surface area contributed by atoms with Crippen molar-refractivity contribution in [2.24, 2.45) is 10.8 Å². The van der Waals surface area contributed by atoms with Crippen LogP contribution in [-0.2, 0) is 32.5 Å². The molecule has 1 aromatic rings. The molecular formula is C22H33N2O9P. The van der Waals surface area contributed by atoms with Gasteiger partial charge in [-0.05, 0) is 13.0 Å². The van der Waals surface area contributed by atoms with E-state index in [1.807, 2.05) is 0 Å². The average molecular weight is 500 g/mol. The average Bonchev–Trinajstić information content (AvgIpc) is 3.19. The Morgan fingerprint density at radius 3 is 2.03 bits per heavy atom. The number of carbonyl (C=O) groups is 2. The largest absolute Gasteiger partial charge is 0.475 e. The van der Waals surface area contributed by atoms with Gasteiger partial charge in [0.05, 0.1) is 6.61 Å². The number of nitrogens with zero attached hydrogens (tertiary/aromatic N) is 1. The fourth-order valence-electron chi connectivity index (χ4n) is 2.50. The molecule has 0 amide bonds. The molecule has 2 heterocycles. The first kappa shape index (κ1) is 28.1. The summed E-state index contributed by atoms with van der Waals surface area (Å²) < 4.78 is 35.9. The zero-order valence-corrected chi connectivity index (χ0v) is 21.5. The second kappa shape index (κ2) is 10.6. The van der Waals surface area contributed by atoms with Crippen LogP contribution in [0.2, 0.25) is 0 Å². The van der Waals surface area contributed by atoms with Gasteiger partial charge >= 0.3 is 13.5 Å². The molecule has 0 aromatic carbocycles. The first-order valence-electron chi connectivity index (χ1n) is 10.8. The highest BCUT2D eigenvalue weighted by Gasteiger charge is 2.35. The lowest BCUT2D eigenvalue weighted by Gasteiger charge is -2.23. The molecular weight excluding hydrogens is 467 g/mol. The molecule has 1 aliphatic rings. The van der Waals surface area contributed by atoms with Crippen LogP contribution in [0.4, 0.5) is 0 Å². The van der Waals surface area contributed by atoms with Crippen LogP contribution in [-0.4, -0.2) is 47.0 Å². The first-order valence-corrected chi connectivity index (χ1v) is 12.2. The molecule has 1 aromatic heterocycles. The monoisotopic (exact) mass is 500 g/mol. The van der Waals surface area contributed by atoms with Gasteiger partial charge in [-0.3, -0.25) is 37.5 Å². The van der Waals surface area contributed by atoms with Gasteiger partial charge in [-0.15, -0.1) is 0 Å². The number of aromatic amines is 1. The molecule has 1 aliphatic heterocycles. The van der Waals surface area contributed by atoms with E-state index in [-0.39, 0.29) is 18.2 Å². The number of aryl methyl sites for hydroxylation is 1. The second-order valence-corrected chi connectivity index (χ2v) is 11.7. The second-order valence-electron chi connectivity index (χ2n) is 10.1. The van der Waals surface area contributed by atoms with Gasteiger partial charge in [0.1, 0.15) is 19.3 Å². The fourth-order valence-corrected chi connectivity index (χ4v) is 3.61. The number of carbonyl (C=O) groups excluding carboxylic acids is 2. The highest BCUT2D eigenvalue weighted by molar-refractivity contribution is 7.48. The Morgan fingerprint density at radius 1 is 1.00 bits per heavy atom. The number of rotatable bonds is 10. The molecule has 2 unspecified atom stereocenters. The number of hydrogen-bond acceptors (Lipinski definition) is 9. The number of hydrogen-bond donors (Lipinski definition) is 1. The van der Waals surface area contributed by atoms with E-state index >= 15 is 0 Å². The Balaban J connectivity index is 2.07. The number of aromatic nitrogens is 2. The van der Waals surface area contributed by atoms with Crippen LogP contribution in [0.15, 0.2) is 27.9 Å². The number of Topliss-reactive ketones (excluding diaryl/α,β-unsaturated/α-hetero) is 2. The van der Waals surface area contributed by atoms with E-state index in [9.17, 15) is 23.7 Å². The van der Waals surface area contributed by atoms with E-state index in [1.165, 1.54) is 10.8 Å². The third-order valence-corrected chi connectivity index (χ3v) is 6.36. The molecule has 2 rings (SSSR count). The summed E-state index contributed by atoms with van der Waals surface area (Å²) in [6.45, 7) is 10.3. The van der Waals surface area contributed by atoms with Gasteiger partial charge in [-0.1, -0.05) is 47.6 Å². The molecule has 34 heavy (non-hydrogen) atoms. The number of H-pyrrole nitrogens is 1. The van der Waals surface area contributed by atoms with E-state index in [0.717, 1.165) is 0 Å². The van der Waals surface area contributed by atoms with Gasteiger partial charge in [0, 0.05) is 22.6 Å². The van der Waals surface area contributed by atoms with Crippen LogP contribution in [0, 0.1) is 17.8 Å². The number of nitrogens with one attached hydrogen (secondary N) is 1. The van der Waals surface area contributed by atoms with Gasteiger partial charge in [0.25, 0.3) is 5.56 Å². The lowest BCUT2D eigenvalue weighted by atomic mass is 9.91. The summed E-state index contributed by atoms with van der Waals surface area (Å²) in [5, 5.41) is 0. The molecule has 0 fully saturated rings. The molecule has 0 saturated carbocycles. The fraction of sp³-hybridized carbons (Fsp3) is 0.636. The molecule has 0 bridgehead atoms. The zero-order chi connectivity index (χ0) is 25.9. The van der Waals surface area contributed by atoms with Crippen molar-refractivity contribution in [2.45, 2.75) is 60.8 Å². The van der Waals surface area contributed by atoms with Crippen molar-refractivity contribution in [1.29, 1.82) is 0 Å². The van der Waals surface area contributed by atoms with Crippen molar-refractivity contribution in [2.75, 3.05) is 19.8 Å². The Bertz CT molecular complexity index is 1070. The van der Waals surface area contributed by atoms with Crippen molar-refractivity contribution in [3.05, 3.63) is 44.8 Å². The Hall–Kier alpha value is -2.17. The minimum absolute atomic E-state index is 0.297. The van der Waals surface area contributed by atoms with E-state index in [2.05, 4.69) is 4.98 Å². The van der Waals surface area contributed by atoms with Gasteiger partial charge in [-0.2, -0.15) is 0 Å². The van der Waals surface area contributed by atoms with Crippen molar-refractivity contribution < 1.29 is 32.5 Å². The number of phosphoric acid groups is 1. The minimum atomic E-state index is -4.31. The van der Waals surface area contributed by atoms with E-state index in [4.69, 9.17) is 18.3 Å². The summed E-state index contributed by atoms with van der Waals surface area (Å²) >= 11 is 0. The van der Waals surface area contributed by atoms with E-state index in [0.29, 0.717) is 5.56 Å². The van der Waals surface area contributed by atoms with Crippen LogP contribution < -0.4 is 11.2 Å². The molecule has 0 saturated heterocycles. The SMILES string of the molecule is Cc1cn(C2C=CC(COP(=O)(OCC(=O)C(C)(C)C)OCC(=O)C(C)(C)C)O2)c(=O)[nH]c1=O. The van der Waals surface area contributed by atoms with Crippen LogP contribution in [0.1, 0.15) is 53.3 Å². The summed E-state index contributed by atoms with van der Waals surface area (Å²) in [7, 11) is -4.31. The number of ketones is 2. The predicted molar refractivity (Wildman–Crippen MR) is 123 cm³/mol. The molecule has 2 atom stereocenters. The maximum absolute atomic E-state index is 13.2. The van der Waals surface area contributed by atoms with Gasteiger partial charge in [-0.25, -0.2) is 9.36 Å². The summed E-state index contributed by atoms with van der Waals surface area (Å²) in [5.41, 5.74) is -2.29. The van der Waals surface area contributed by atoms with Gasteiger partial charge in [0.15, 0.2) is 17.8 Å². The summed E-state index contributed by atoms with van der Waals surface area (Å²) in [6, 6.07) is 0. The predicted octanol–water partition coefficient (Wildman–Crippen LogP) is 2.69. The lowest BCUT2D eigenvalue weighted by molar-refractivity contribution is -0.130. The summed E-state index contributed by atoms with van der Waals surface area (Å²) in [5.74, 6) is -0.654. The normalized spacial score (nSPS) is 18.9. The summed E-state index contributed by atoms with van der Waals surface area (Å²) in [6.07, 6.45) is 2.98. The Morgan fingerprint density at radius 2 is 1.53 bits per heavy atom. The summed E-state index contributed by atoms with van der Waals surface area (Å²) in [4.78, 5) is 50.3. The first-order chi connectivity index (χ1) is 15.5. The quantitative estimate of drug-likeness (QED) is 0.379. The minimum Gasteiger partial charge on any atom is -0.344 e. The number of phosphoric ester groups is 1. The zero-order valence-electron chi connectivity index (χ0n) is 20.6. The van der Waals surface area contributed by atoms with Crippen molar-refractivity contribution >= 4 is 19.4 Å². The highest BCUT2D eigenvalue weighted by atomic mass is 31.2. The van der Waals surface area contributed by atoms with Crippen LogP contribution in [0.25, 0.3) is 0 Å². The van der Waals surface area contributed by atoms with Crippen LogP contribution in [0.3, 0.4) is 0 Å². The molecule has 0 spiro atoms. The Kier molecular flexibility index (Phi) is 8.77. The molecule has 1 N–H and O–H groups in total. The van der Waals surface area contributed by atoms with E-state index < -0.39 is 55.4 Å². The van der Waals surface area contributed by atoms with Crippen LogP contribution in [0.5, 0.6) is 0 Å². The smallest absolute Gasteiger partial charge is 0.344 e.